The third-order valence-corrected chi connectivity index (χ3v) is 5.10. The van der Waals surface area contributed by atoms with Gasteiger partial charge in [0.05, 0.1) is 20.1 Å². The van der Waals surface area contributed by atoms with E-state index in [9.17, 15) is 0 Å². The molecule has 0 radical (unpaired) electrons. The topological polar surface area (TPSA) is 0 Å². The summed E-state index contributed by atoms with van der Waals surface area (Å²) in [4.78, 5) is 0. The molecule has 0 heterocycles. The highest BCUT2D eigenvalue weighted by molar-refractivity contribution is 9.09. The molecule has 0 saturated heterocycles. The predicted octanol–water partition coefficient (Wildman–Crippen LogP) is 2.73. The predicted molar refractivity (Wildman–Crippen MR) is 87.2 cm³/mol. The molecule has 0 aromatic heterocycles. The first-order chi connectivity index (χ1) is 8.68. The lowest BCUT2D eigenvalue weighted by Gasteiger charge is -2.32. The van der Waals surface area contributed by atoms with Crippen molar-refractivity contribution in [3.63, 3.8) is 0 Å². The zero-order valence-electron chi connectivity index (χ0n) is 13.4. The molecule has 0 rings (SSSR count). The van der Waals surface area contributed by atoms with Gasteiger partial charge in [0.2, 0.25) is 0 Å². The van der Waals surface area contributed by atoms with Crippen molar-refractivity contribution in [1.82, 2.24) is 0 Å². The molecule has 0 spiro atoms. The molecule has 19 heavy (non-hydrogen) atoms. The smallest absolute Gasteiger partial charge is 0.134 e. The highest BCUT2D eigenvalue weighted by Crippen LogP contribution is 2.14. The number of hydrogen-bond donors (Lipinski definition) is 0. The van der Waals surface area contributed by atoms with Crippen LogP contribution < -0.4 is 12.4 Å². The molecule has 1 nitrogen and oxygen atoms in total. The minimum absolute atomic E-state index is 0. The van der Waals surface area contributed by atoms with Gasteiger partial charge < -0.3 is 16.9 Å². The van der Waals surface area contributed by atoms with Gasteiger partial charge >= 0.3 is 0 Å². The number of hydrogen-bond acceptors (Lipinski definition) is 0. The average molecular weight is 357 g/mol. The fourth-order valence-electron chi connectivity index (χ4n) is 2.43. The Morgan fingerprint density at radius 2 is 1.05 bits per heavy atom. The normalized spacial score (nSPS) is 11.4. The lowest BCUT2D eigenvalue weighted by Crippen LogP contribution is -3.00. The van der Waals surface area contributed by atoms with E-state index in [2.05, 4.69) is 36.8 Å². The van der Waals surface area contributed by atoms with Crippen LogP contribution in [0.4, 0.5) is 0 Å². The Hall–Kier alpha value is 0.730. The number of rotatable bonds is 13. The number of nitrogens with zero attached hydrogens (tertiary/aromatic N) is 1. The van der Waals surface area contributed by atoms with Gasteiger partial charge in [0.1, 0.15) is 5.45 Å². The minimum Gasteiger partial charge on any atom is -1.00 e. The molecular formula is C16H35BrClN. The quantitative estimate of drug-likeness (QED) is 0.206. The molecule has 0 bridgehead atoms. The molecule has 0 amide bonds. The van der Waals surface area contributed by atoms with Crippen LogP contribution in [0.1, 0.15) is 78.1 Å². The SMILES string of the molecule is CCCCCCC[N+](C)(CBr)CCCCCCC.[Cl-]. The van der Waals surface area contributed by atoms with Gasteiger partial charge in [-0.05, 0) is 41.6 Å². The Morgan fingerprint density at radius 1 is 0.684 bits per heavy atom. The van der Waals surface area contributed by atoms with E-state index < -0.39 is 0 Å². The van der Waals surface area contributed by atoms with Crippen LogP contribution in [0.3, 0.4) is 0 Å². The van der Waals surface area contributed by atoms with Crippen LogP contribution in [0.25, 0.3) is 0 Å². The van der Waals surface area contributed by atoms with Crippen molar-refractivity contribution in [3.8, 4) is 0 Å². The second-order valence-electron chi connectivity index (χ2n) is 6.01. The molecule has 118 valence electrons. The van der Waals surface area contributed by atoms with E-state index in [4.69, 9.17) is 0 Å². The molecule has 0 aromatic rings. The van der Waals surface area contributed by atoms with Crippen LogP contribution in [0, 0.1) is 0 Å². The van der Waals surface area contributed by atoms with Crippen molar-refractivity contribution in [2.24, 2.45) is 0 Å². The third-order valence-electron chi connectivity index (χ3n) is 3.89. The van der Waals surface area contributed by atoms with Gasteiger partial charge in [0.25, 0.3) is 0 Å². The molecule has 0 saturated carbocycles. The van der Waals surface area contributed by atoms with Gasteiger partial charge in [-0.15, -0.1) is 0 Å². The second kappa shape index (κ2) is 15.1. The molecule has 0 fully saturated rings. The first-order valence-corrected chi connectivity index (χ1v) is 9.20. The first-order valence-electron chi connectivity index (χ1n) is 8.08. The number of halogens is 2. The lowest BCUT2D eigenvalue weighted by atomic mass is 10.1. The summed E-state index contributed by atoms with van der Waals surface area (Å²) in [5.41, 5.74) is 1.12. The van der Waals surface area contributed by atoms with Crippen molar-refractivity contribution in [2.75, 3.05) is 25.6 Å². The van der Waals surface area contributed by atoms with E-state index >= 15 is 0 Å². The summed E-state index contributed by atoms with van der Waals surface area (Å²) in [5.74, 6) is 0. The van der Waals surface area contributed by atoms with Crippen LogP contribution in [-0.2, 0) is 0 Å². The Bertz CT molecular complexity index is 162. The Balaban J connectivity index is 0. The van der Waals surface area contributed by atoms with Crippen molar-refractivity contribution in [3.05, 3.63) is 0 Å². The Kier molecular flexibility index (Phi) is 17.5. The monoisotopic (exact) mass is 355 g/mol. The zero-order valence-corrected chi connectivity index (χ0v) is 15.7. The summed E-state index contributed by atoms with van der Waals surface area (Å²) < 4.78 is 1.22. The lowest BCUT2D eigenvalue weighted by molar-refractivity contribution is -0.896. The minimum atomic E-state index is 0. The van der Waals surface area contributed by atoms with E-state index in [0.29, 0.717) is 0 Å². The number of alkyl halides is 1. The third kappa shape index (κ3) is 13.5. The highest BCUT2D eigenvalue weighted by atomic mass is 79.9. The first kappa shape index (κ1) is 22.0. The number of quaternary nitrogens is 1. The molecule has 0 unspecified atom stereocenters. The molecule has 0 aliphatic carbocycles. The maximum atomic E-state index is 3.71. The molecule has 3 heteroatoms. The van der Waals surface area contributed by atoms with Crippen LogP contribution >= 0.6 is 15.9 Å². The second-order valence-corrected chi connectivity index (χ2v) is 6.52. The maximum absolute atomic E-state index is 3.71. The van der Waals surface area contributed by atoms with E-state index in [1.807, 2.05) is 0 Å². The fourth-order valence-corrected chi connectivity index (χ4v) is 2.93. The summed E-state index contributed by atoms with van der Waals surface area (Å²) >= 11 is 3.71. The van der Waals surface area contributed by atoms with Crippen LogP contribution in [0.15, 0.2) is 0 Å². The molecule has 0 N–H and O–H groups in total. The largest absolute Gasteiger partial charge is 1.00 e. The Labute approximate surface area is 136 Å². The van der Waals surface area contributed by atoms with E-state index in [1.54, 1.807) is 0 Å². The maximum Gasteiger partial charge on any atom is 0.134 e. The summed E-state index contributed by atoms with van der Waals surface area (Å²) in [6.07, 6.45) is 14.0. The van der Waals surface area contributed by atoms with E-state index in [0.717, 1.165) is 5.45 Å². The molecule has 0 aliphatic heterocycles. The van der Waals surface area contributed by atoms with Gasteiger partial charge in [0, 0.05) is 0 Å². The van der Waals surface area contributed by atoms with Gasteiger partial charge in [-0.2, -0.15) is 0 Å². The molecule has 0 atom stereocenters. The average Bonchev–Trinajstić information content (AvgIpc) is 2.38. The summed E-state index contributed by atoms with van der Waals surface area (Å²) in [6.45, 7) is 7.27. The van der Waals surface area contributed by atoms with Crippen molar-refractivity contribution in [1.29, 1.82) is 0 Å². The van der Waals surface area contributed by atoms with Gasteiger partial charge in [-0.1, -0.05) is 52.4 Å². The summed E-state index contributed by atoms with van der Waals surface area (Å²) in [5, 5.41) is 0. The summed E-state index contributed by atoms with van der Waals surface area (Å²) in [7, 11) is 2.41. The fraction of sp³-hybridized carbons (Fsp3) is 1.00. The van der Waals surface area contributed by atoms with Crippen molar-refractivity contribution in [2.45, 2.75) is 78.1 Å². The van der Waals surface area contributed by atoms with Gasteiger partial charge in [-0.3, -0.25) is 0 Å². The van der Waals surface area contributed by atoms with Crippen molar-refractivity contribution < 1.29 is 16.9 Å². The van der Waals surface area contributed by atoms with E-state index in [-0.39, 0.29) is 12.4 Å². The standard InChI is InChI=1S/C16H35BrN.ClH/c1-4-6-8-10-12-14-18(3,16-17)15-13-11-9-7-5-2;/h4-16H2,1-3H3;1H/q+1;/p-1. The molecule has 0 aliphatic rings. The van der Waals surface area contributed by atoms with Crippen LogP contribution in [0.5, 0.6) is 0 Å². The van der Waals surface area contributed by atoms with Gasteiger partial charge in [-0.25, -0.2) is 0 Å². The molecule has 0 aromatic carbocycles. The van der Waals surface area contributed by atoms with Gasteiger partial charge in [0.15, 0.2) is 0 Å². The molecular weight excluding hydrogens is 322 g/mol. The van der Waals surface area contributed by atoms with Crippen LogP contribution in [0.2, 0.25) is 0 Å². The van der Waals surface area contributed by atoms with Crippen molar-refractivity contribution >= 4 is 15.9 Å². The highest BCUT2D eigenvalue weighted by Gasteiger charge is 2.18. The Morgan fingerprint density at radius 3 is 1.37 bits per heavy atom. The van der Waals surface area contributed by atoms with E-state index in [1.165, 1.54) is 81.8 Å². The summed E-state index contributed by atoms with van der Waals surface area (Å²) in [6, 6.07) is 0. The number of unbranched alkanes of at least 4 members (excludes halogenated alkanes) is 8. The zero-order chi connectivity index (χ0) is 13.7. The van der Waals surface area contributed by atoms with Crippen LogP contribution in [-0.4, -0.2) is 30.1 Å².